The van der Waals surface area contributed by atoms with Gasteiger partial charge in [0.1, 0.15) is 6.07 Å². The van der Waals surface area contributed by atoms with Crippen LogP contribution in [0.4, 0.5) is 27.9 Å². The molecule has 17 nitrogen and oxygen atoms in total. The SMILES string of the molecule is CCNc1nc(Nc2cc(C#N)cc(N3CC[C@@H](NC(=O)OC)[C@H](OCOP(=O)(O)O)C3)c2Cl)nn2c(C#N)cnc12. The van der Waals surface area contributed by atoms with Crippen LogP contribution in [0.2, 0.25) is 5.02 Å². The Morgan fingerprint density at radius 2 is 2.10 bits per heavy atom. The van der Waals surface area contributed by atoms with Crippen molar-refractivity contribution in [2.75, 3.05) is 49.1 Å². The number of aromatic nitrogens is 4. The Labute approximate surface area is 244 Å². The molecule has 0 bridgehead atoms. The number of alkyl carbamates (subject to hydrolysis) is 1. The summed E-state index contributed by atoms with van der Waals surface area (Å²) in [6.45, 7) is 2.11. The molecule has 42 heavy (non-hydrogen) atoms. The average Bonchev–Trinajstić information content (AvgIpc) is 3.37. The van der Waals surface area contributed by atoms with Crippen molar-refractivity contribution in [2.24, 2.45) is 0 Å². The maximum absolute atomic E-state index is 11.9. The fourth-order valence-corrected chi connectivity index (χ4v) is 4.75. The van der Waals surface area contributed by atoms with Crippen LogP contribution >= 0.6 is 19.4 Å². The smallest absolute Gasteiger partial charge is 0.453 e. The molecule has 0 spiro atoms. The number of nitriles is 2. The van der Waals surface area contributed by atoms with Gasteiger partial charge in [0.25, 0.3) is 0 Å². The first-order valence-electron chi connectivity index (χ1n) is 12.4. The van der Waals surface area contributed by atoms with Gasteiger partial charge < -0.3 is 40.1 Å². The number of hydrogen-bond donors (Lipinski definition) is 5. The van der Waals surface area contributed by atoms with Crippen LogP contribution < -0.4 is 20.9 Å². The summed E-state index contributed by atoms with van der Waals surface area (Å²) in [6.07, 6.45) is 0.189. The maximum Gasteiger partial charge on any atom is 0.471 e. The molecule has 1 amide bonds. The Hall–Kier alpha value is -4.22. The summed E-state index contributed by atoms with van der Waals surface area (Å²) in [4.78, 5) is 40.3. The Bertz CT molecular complexity index is 1600. The number of benzene rings is 1. The molecule has 2 atom stereocenters. The van der Waals surface area contributed by atoms with Gasteiger partial charge in [-0.05, 0) is 25.5 Å². The maximum atomic E-state index is 11.9. The predicted octanol–water partition coefficient (Wildman–Crippen LogP) is 2.08. The van der Waals surface area contributed by atoms with Gasteiger partial charge in [0.2, 0.25) is 5.95 Å². The Morgan fingerprint density at radius 1 is 1.31 bits per heavy atom. The van der Waals surface area contributed by atoms with Crippen LogP contribution in [-0.4, -0.2) is 81.1 Å². The van der Waals surface area contributed by atoms with Crippen molar-refractivity contribution >= 4 is 54.3 Å². The number of anilines is 4. The van der Waals surface area contributed by atoms with Crippen molar-refractivity contribution in [1.29, 1.82) is 10.5 Å². The molecule has 1 saturated heterocycles. The molecular weight excluding hydrogens is 595 g/mol. The highest BCUT2D eigenvalue weighted by Gasteiger charge is 2.33. The van der Waals surface area contributed by atoms with E-state index in [-0.39, 0.29) is 28.8 Å². The van der Waals surface area contributed by atoms with Crippen molar-refractivity contribution in [2.45, 2.75) is 25.5 Å². The lowest BCUT2D eigenvalue weighted by Gasteiger charge is -2.40. The summed E-state index contributed by atoms with van der Waals surface area (Å²) >= 11 is 6.82. The van der Waals surface area contributed by atoms with Gasteiger partial charge in [-0.1, -0.05) is 11.6 Å². The first-order chi connectivity index (χ1) is 20.1. The topological polar surface area (TPSA) is 232 Å². The third-order valence-corrected chi connectivity index (χ3v) is 6.98. The molecule has 222 valence electrons. The van der Waals surface area contributed by atoms with E-state index in [4.69, 9.17) is 26.1 Å². The number of methoxy groups -OCH3 is 1. The zero-order valence-electron chi connectivity index (χ0n) is 22.3. The molecule has 1 aliphatic heterocycles. The van der Waals surface area contributed by atoms with Gasteiger partial charge in [-0.2, -0.15) is 20.0 Å². The molecule has 1 fully saturated rings. The minimum absolute atomic E-state index is 0.0765. The van der Waals surface area contributed by atoms with Crippen LogP contribution in [0.25, 0.3) is 5.65 Å². The lowest BCUT2D eigenvalue weighted by atomic mass is 10.0. The van der Waals surface area contributed by atoms with Crippen LogP contribution in [0.3, 0.4) is 0 Å². The van der Waals surface area contributed by atoms with Crippen LogP contribution in [0.5, 0.6) is 0 Å². The number of hydrogen-bond acceptors (Lipinski definition) is 13. The van der Waals surface area contributed by atoms with Gasteiger partial charge >= 0.3 is 13.9 Å². The van der Waals surface area contributed by atoms with Crippen LogP contribution in [0.1, 0.15) is 24.6 Å². The molecule has 5 N–H and O–H groups in total. The molecule has 1 aliphatic rings. The highest BCUT2D eigenvalue weighted by atomic mass is 35.5. The van der Waals surface area contributed by atoms with Crippen LogP contribution in [0, 0.1) is 22.7 Å². The summed E-state index contributed by atoms with van der Waals surface area (Å²) in [5.41, 5.74) is 1.52. The number of halogens is 1. The Morgan fingerprint density at radius 3 is 2.76 bits per heavy atom. The van der Waals surface area contributed by atoms with E-state index in [0.717, 1.165) is 0 Å². The number of imidazole rings is 1. The number of phosphoric acid groups is 1. The first-order valence-corrected chi connectivity index (χ1v) is 14.3. The van der Waals surface area contributed by atoms with Crippen molar-refractivity contribution in [1.82, 2.24) is 24.9 Å². The second-order valence-corrected chi connectivity index (χ2v) is 10.4. The van der Waals surface area contributed by atoms with E-state index < -0.39 is 32.9 Å². The number of amides is 1. The standard InChI is InChI=1S/C23H26ClN10O7P/c1-3-27-20-21-28-10-14(9-26)34(21)32-22(31-20)29-16-6-13(8-25)7-17(19(16)24)33-5-4-15(30-23(35)39-2)18(11-33)40-12-41-42(36,37)38/h6-7,10,15,18H,3-5,11-12H2,1-2H3,(H,30,35)(H2,36,37,38)(H2,27,29,31,32)/t15-,18-/m1/s1. The fourth-order valence-electron chi connectivity index (χ4n) is 4.28. The van der Waals surface area contributed by atoms with Crippen LogP contribution in [-0.2, 0) is 18.6 Å². The zero-order valence-corrected chi connectivity index (χ0v) is 24.0. The van der Waals surface area contributed by atoms with E-state index in [0.29, 0.717) is 42.4 Å². The van der Waals surface area contributed by atoms with E-state index in [1.54, 1.807) is 11.0 Å². The van der Waals surface area contributed by atoms with Gasteiger partial charge in [0.05, 0.1) is 53.5 Å². The third kappa shape index (κ3) is 7.15. The number of nitrogens with one attached hydrogen (secondary N) is 3. The number of phosphoric ester groups is 1. The Kier molecular flexibility index (Phi) is 9.64. The molecule has 3 aromatic rings. The highest BCUT2D eigenvalue weighted by molar-refractivity contribution is 7.46. The normalized spacial score (nSPS) is 16.9. The van der Waals surface area contributed by atoms with E-state index in [1.807, 2.05) is 13.0 Å². The number of ether oxygens (including phenoxy) is 2. The number of piperidine rings is 1. The summed E-state index contributed by atoms with van der Waals surface area (Å²) < 4.78 is 27.1. The molecule has 0 radical (unpaired) electrons. The molecule has 0 saturated carbocycles. The van der Waals surface area contributed by atoms with E-state index >= 15 is 0 Å². The molecule has 4 rings (SSSR count). The second kappa shape index (κ2) is 13.2. The average molecular weight is 621 g/mol. The van der Waals surface area contributed by atoms with E-state index in [2.05, 4.69) is 46.3 Å². The van der Waals surface area contributed by atoms with Crippen LogP contribution in [0.15, 0.2) is 18.3 Å². The van der Waals surface area contributed by atoms with Gasteiger partial charge in [0, 0.05) is 19.6 Å². The summed E-state index contributed by atoms with van der Waals surface area (Å²) in [5.74, 6) is 0.453. The van der Waals surface area contributed by atoms with Crippen molar-refractivity contribution < 1.29 is 33.1 Å². The first kappa shape index (κ1) is 30.7. The molecular formula is C23H26ClN10O7P. The number of nitrogens with zero attached hydrogens (tertiary/aromatic N) is 7. The quantitative estimate of drug-likeness (QED) is 0.161. The summed E-state index contributed by atoms with van der Waals surface area (Å²) in [7, 11) is -3.60. The summed E-state index contributed by atoms with van der Waals surface area (Å²) in [5, 5.41) is 32.5. The predicted molar refractivity (Wildman–Crippen MR) is 148 cm³/mol. The van der Waals surface area contributed by atoms with Gasteiger partial charge in [-0.15, -0.1) is 5.10 Å². The molecule has 1 aromatic carbocycles. The minimum atomic E-state index is -4.80. The minimum Gasteiger partial charge on any atom is -0.453 e. The lowest BCUT2D eigenvalue weighted by molar-refractivity contribution is -0.0620. The summed E-state index contributed by atoms with van der Waals surface area (Å²) in [6, 6.07) is 6.61. The molecule has 0 aliphatic carbocycles. The zero-order chi connectivity index (χ0) is 30.4. The van der Waals surface area contributed by atoms with Crippen molar-refractivity contribution in [3.63, 3.8) is 0 Å². The van der Waals surface area contributed by atoms with Crippen molar-refractivity contribution in [3.8, 4) is 12.1 Å². The molecule has 3 heterocycles. The number of carbonyl (C=O) groups excluding carboxylic acids is 1. The van der Waals surface area contributed by atoms with E-state index in [9.17, 15) is 19.9 Å². The Balaban J connectivity index is 1.65. The third-order valence-electron chi connectivity index (χ3n) is 6.14. The number of carbonyl (C=O) groups is 1. The monoisotopic (exact) mass is 620 g/mol. The van der Waals surface area contributed by atoms with Gasteiger partial charge in [-0.25, -0.2) is 14.3 Å². The molecule has 2 aromatic heterocycles. The lowest BCUT2D eigenvalue weighted by Crippen LogP contribution is -2.55. The number of fused-ring (bicyclic) bond motifs is 1. The van der Waals surface area contributed by atoms with Gasteiger partial charge in [0.15, 0.2) is 24.0 Å². The molecule has 0 unspecified atom stereocenters. The fraction of sp³-hybridized carbons (Fsp3) is 0.391. The highest BCUT2D eigenvalue weighted by Crippen LogP contribution is 2.38. The molecule has 19 heteroatoms. The second-order valence-electron chi connectivity index (χ2n) is 8.82. The van der Waals surface area contributed by atoms with Crippen molar-refractivity contribution in [3.05, 3.63) is 34.6 Å². The van der Waals surface area contributed by atoms with Gasteiger partial charge in [-0.3, -0.25) is 4.52 Å². The van der Waals surface area contributed by atoms with E-state index in [1.165, 1.54) is 23.9 Å². The largest absolute Gasteiger partial charge is 0.471 e. The number of rotatable bonds is 10.